The van der Waals surface area contributed by atoms with E-state index in [1.54, 1.807) is 0 Å². The molecule has 1 aromatic heterocycles. The molecule has 2 aliphatic rings. The van der Waals surface area contributed by atoms with Gasteiger partial charge in [0.15, 0.2) is 0 Å². The van der Waals surface area contributed by atoms with Crippen LogP contribution < -0.4 is 5.32 Å². The lowest BCUT2D eigenvalue weighted by atomic mass is 10.2. The normalized spacial score (nSPS) is 26.9. The van der Waals surface area contributed by atoms with Gasteiger partial charge in [0, 0.05) is 35.4 Å². The monoisotopic (exact) mass is 322 g/mol. The molecular formula is C17H26N2O2S. The predicted molar refractivity (Wildman–Crippen MR) is 89.1 cm³/mol. The number of rotatable bonds is 4. The third kappa shape index (κ3) is 3.46. The molecule has 0 aromatic carbocycles. The van der Waals surface area contributed by atoms with Crippen LogP contribution in [0.5, 0.6) is 0 Å². The van der Waals surface area contributed by atoms with Crippen molar-refractivity contribution in [3.63, 3.8) is 0 Å². The topological polar surface area (TPSA) is 41.6 Å². The highest BCUT2D eigenvalue weighted by Crippen LogP contribution is 2.46. The molecule has 5 heteroatoms. The number of ether oxygens (including phenoxy) is 1. The van der Waals surface area contributed by atoms with E-state index < -0.39 is 5.60 Å². The van der Waals surface area contributed by atoms with Gasteiger partial charge in [-0.25, -0.2) is 4.79 Å². The highest BCUT2D eigenvalue weighted by Gasteiger charge is 2.56. The van der Waals surface area contributed by atoms with Gasteiger partial charge in [0.25, 0.3) is 0 Å². The van der Waals surface area contributed by atoms with Crippen LogP contribution in [0.1, 0.15) is 37.4 Å². The molecule has 1 aromatic rings. The second-order valence-corrected chi connectivity index (χ2v) is 8.59. The number of amides is 1. The first-order valence-corrected chi connectivity index (χ1v) is 8.98. The van der Waals surface area contributed by atoms with E-state index in [9.17, 15) is 4.79 Å². The Hall–Kier alpha value is -1.07. The number of thiophene rings is 1. The third-order valence-electron chi connectivity index (χ3n) is 4.42. The van der Waals surface area contributed by atoms with Crippen molar-refractivity contribution in [3.05, 3.63) is 21.9 Å². The Balaban J connectivity index is 1.42. The van der Waals surface area contributed by atoms with Gasteiger partial charge in [0.1, 0.15) is 5.60 Å². The van der Waals surface area contributed by atoms with Crippen LogP contribution in [0.4, 0.5) is 4.79 Å². The predicted octanol–water partition coefficient (Wildman–Crippen LogP) is 3.27. The quantitative estimate of drug-likeness (QED) is 0.925. The Morgan fingerprint density at radius 1 is 1.32 bits per heavy atom. The van der Waals surface area contributed by atoms with Crippen LogP contribution in [0, 0.1) is 11.8 Å². The second kappa shape index (κ2) is 5.85. The Bertz CT molecular complexity index is 537. The van der Waals surface area contributed by atoms with E-state index in [0.717, 1.165) is 26.1 Å². The highest BCUT2D eigenvalue weighted by atomic mass is 32.1. The standard InChI is InChI=1S/C17H26N2O2S/c1-5-11-6-7-12(22-11)8-18-15-13-9-19(10-14(13)15)16(20)21-17(2,3)4/h6-7,13-15,18H,5,8-10H2,1-4H3. The molecule has 1 amide bonds. The van der Waals surface area contributed by atoms with Crippen LogP contribution in [-0.4, -0.2) is 35.7 Å². The van der Waals surface area contributed by atoms with E-state index in [2.05, 4.69) is 24.4 Å². The zero-order chi connectivity index (χ0) is 15.9. The zero-order valence-electron chi connectivity index (χ0n) is 13.9. The smallest absolute Gasteiger partial charge is 0.410 e. The fourth-order valence-electron chi connectivity index (χ4n) is 3.23. The summed E-state index contributed by atoms with van der Waals surface area (Å²) in [5.74, 6) is 1.22. The number of carbonyl (C=O) groups excluding carboxylic acids is 1. The van der Waals surface area contributed by atoms with Crippen LogP contribution in [-0.2, 0) is 17.7 Å². The summed E-state index contributed by atoms with van der Waals surface area (Å²) in [6.45, 7) is 10.6. The summed E-state index contributed by atoms with van der Waals surface area (Å²) in [7, 11) is 0. The van der Waals surface area contributed by atoms with E-state index in [0.29, 0.717) is 17.9 Å². The molecule has 2 unspecified atom stereocenters. The largest absolute Gasteiger partial charge is 0.444 e. The van der Waals surface area contributed by atoms with Crippen LogP contribution in [0.2, 0.25) is 0 Å². The first-order valence-electron chi connectivity index (χ1n) is 8.16. The molecule has 1 aliphatic carbocycles. The van der Waals surface area contributed by atoms with Gasteiger partial charge in [0.05, 0.1) is 0 Å². The van der Waals surface area contributed by atoms with Crippen LogP contribution >= 0.6 is 11.3 Å². The average Bonchev–Trinajstić information content (AvgIpc) is 2.86. The van der Waals surface area contributed by atoms with Crippen molar-refractivity contribution < 1.29 is 9.53 Å². The Morgan fingerprint density at radius 3 is 2.50 bits per heavy atom. The number of nitrogens with one attached hydrogen (secondary N) is 1. The SMILES string of the molecule is CCc1ccc(CNC2C3CN(C(=O)OC(C)(C)C)CC32)s1. The minimum Gasteiger partial charge on any atom is -0.444 e. The third-order valence-corrected chi connectivity index (χ3v) is 5.65. The lowest BCUT2D eigenvalue weighted by Gasteiger charge is -2.26. The fraction of sp³-hybridized carbons (Fsp3) is 0.706. The Kier molecular flexibility index (Phi) is 4.21. The van der Waals surface area contributed by atoms with Gasteiger partial charge in [-0.05, 0) is 51.2 Å². The lowest BCUT2D eigenvalue weighted by molar-refractivity contribution is 0.0269. The number of fused-ring (bicyclic) bond motifs is 1. The van der Waals surface area contributed by atoms with Gasteiger partial charge >= 0.3 is 6.09 Å². The van der Waals surface area contributed by atoms with Gasteiger partial charge in [-0.15, -0.1) is 11.3 Å². The van der Waals surface area contributed by atoms with Crippen molar-refractivity contribution in [3.8, 4) is 0 Å². The minimum absolute atomic E-state index is 0.163. The molecule has 2 atom stereocenters. The summed E-state index contributed by atoms with van der Waals surface area (Å²) in [6, 6.07) is 5.02. The molecule has 0 spiro atoms. The summed E-state index contributed by atoms with van der Waals surface area (Å²) >= 11 is 1.90. The van der Waals surface area contributed by atoms with Crippen molar-refractivity contribution in [2.45, 2.75) is 52.3 Å². The van der Waals surface area contributed by atoms with Gasteiger partial charge in [-0.3, -0.25) is 0 Å². The summed E-state index contributed by atoms with van der Waals surface area (Å²) in [6.07, 6.45) is 0.953. The Labute approximate surface area is 136 Å². The Morgan fingerprint density at radius 2 is 1.95 bits per heavy atom. The number of nitrogens with zero attached hydrogens (tertiary/aromatic N) is 1. The summed E-state index contributed by atoms with van der Waals surface area (Å²) in [5.41, 5.74) is -0.405. The van der Waals surface area contributed by atoms with Gasteiger partial charge in [-0.2, -0.15) is 0 Å². The van der Waals surface area contributed by atoms with E-state index in [1.807, 2.05) is 37.0 Å². The van der Waals surface area contributed by atoms with Gasteiger partial charge in [0.2, 0.25) is 0 Å². The molecule has 0 radical (unpaired) electrons. The first-order chi connectivity index (χ1) is 10.4. The molecule has 1 saturated carbocycles. The maximum Gasteiger partial charge on any atom is 0.410 e. The van der Waals surface area contributed by atoms with Crippen molar-refractivity contribution in [2.24, 2.45) is 11.8 Å². The van der Waals surface area contributed by atoms with Crippen LogP contribution in [0.25, 0.3) is 0 Å². The number of hydrogen-bond donors (Lipinski definition) is 1. The van der Waals surface area contributed by atoms with Crippen molar-refractivity contribution in [1.29, 1.82) is 0 Å². The number of hydrogen-bond acceptors (Lipinski definition) is 4. The molecular weight excluding hydrogens is 296 g/mol. The lowest BCUT2D eigenvalue weighted by Crippen LogP contribution is -2.39. The molecule has 122 valence electrons. The molecule has 2 heterocycles. The van der Waals surface area contributed by atoms with Crippen molar-refractivity contribution in [1.82, 2.24) is 10.2 Å². The maximum absolute atomic E-state index is 12.0. The van der Waals surface area contributed by atoms with Crippen molar-refractivity contribution >= 4 is 17.4 Å². The molecule has 4 nitrogen and oxygen atoms in total. The van der Waals surface area contributed by atoms with E-state index in [-0.39, 0.29) is 6.09 Å². The number of likely N-dealkylation sites (tertiary alicyclic amines) is 1. The number of aryl methyl sites for hydroxylation is 1. The number of piperidine rings is 1. The average molecular weight is 322 g/mol. The van der Waals surface area contributed by atoms with Gasteiger partial charge < -0.3 is 15.0 Å². The molecule has 1 N–H and O–H groups in total. The van der Waals surface area contributed by atoms with Crippen molar-refractivity contribution in [2.75, 3.05) is 13.1 Å². The maximum atomic E-state index is 12.0. The second-order valence-electron chi connectivity index (χ2n) is 7.34. The molecule has 1 saturated heterocycles. The van der Waals surface area contributed by atoms with E-state index >= 15 is 0 Å². The minimum atomic E-state index is -0.405. The molecule has 22 heavy (non-hydrogen) atoms. The van der Waals surface area contributed by atoms with E-state index in [1.165, 1.54) is 9.75 Å². The number of carbonyl (C=O) groups is 1. The summed E-state index contributed by atoms with van der Waals surface area (Å²) < 4.78 is 5.44. The molecule has 2 fully saturated rings. The summed E-state index contributed by atoms with van der Waals surface area (Å²) in [4.78, 5) is 16.8. The summed E-state index contributed by atoms with van der Waals surface area (Å²) in [5, 5.41) is 3.65. The van der Waals surface area contributed by atoms with Gasteiger partial charge in [-0.1, -0.05) is 6.92 Å². The molecule has 3 rings (SSSR count). The van der Waals surface area contributed by atoms with Crippen LogP contribution in [0.3, 0.4) is 0 Å². The molecule has 0 bridgehead atoms. The zero-order valence-corrected chi connectivity index (χ0v) is 14.7. The highest BCUT2D eigenvalue weighted by molar-refractivity contribution is 7.11. The molecule has 1 aliphatic heterocycles. The first kappa shape index (κ1) is 15.8. The van der Waals surface area contributed by atoms with Crippen LogP contribution in [0.15, 0.2) is 12.1 Å². The van der Waals surface area contributed by atoms with E-state index in [4.69, 9.17) is 4.74 Å². The fourth-order valence-corrected chi connectivity index (χ4v) is 4.14.